The first-order valence-electron chi connectivity index (χ1n) is 7.23. The van der Waals surface area contributed by atoms with E-state index in [9.17, 15) is 13.2 Å². The number of aliphatic imine (C=N–C) groups is 1. The van der Waals surface area contributed by atoms with Crippen LogP contribution in [0.5, 0.6) is 5.75 Å². The average Bonchev–Trinajstić information content (AvgIpc) is 2.59. The lowest BCUT2D eigenvalue weighted by atomic mass is 10.3. The number of ether oxygens (including phenoxy) is 1. The monoisotopic (exact) mass is 354 g/mol. The van der Waals surface area contributed by atoms with Crippen LogP contribution in [0.3, 0.4) is 0 Å². The second kappa shape index (κ2) is 8.18. The lowest BCUT2D eigenvalue weighted by Crippen LogP contribution is -2.24. The Bertz CT molecular complexity index is 718. The second-order valence-corrected chi connectivity index (χ2v) is 4.81. The summed E-state index contributed by atoms with van der Waals surface area (Å²) in [6.07, 6.45) is -3.47. The van der Waals surface area contributed by atoms with Gasteiger partial charge in [-0.25, -0.2) is 9.97 Å². The molecule has 0 saturated carbocycles. The van der Waals surface area contributed by atoms with Gasteiger partial charge in [-0.2, -0.15) is 13.2 Å². The molecular formula is C15H17F3N6O. The van der Waals surface area contributed by atoms with Gasteiger partial charge in [-0.3, -0.25) is 4.99 Å². The molecule has 0 radical (unpaired) electrons. The van der Waals surface area contributed by atoms with Crippen molar-refractivity contribution in [1.29, 1.82) is 0 Å². The Morgan fingerprint density at radius 2 is 1.96 bits per heavy atom. The maximum Gasteiger partial charge on any atom is 0.433 e. The average molecular weight is 354 g/mol. The minimum absolute atomic E-state index is 0.119. The van der Waals surface area contributed by atoms with E-state index >= 15 is 0 Å². The van der Waals surface area contributed by atoms with Crippen molar-refractivity contribution in [3.05, 3.63) is 42.2 Å². The molecule has 0 saturated heterocycles. The third-order valence-electron chi connectivity index (χ3n) is 2.99. The van der Waals surface area contributed by atoms with Crippen LogP contribution < -0.4 is 21.1 Å². The predicted molar refractivity (Wildman–Crippen MR) is 88.6 cm³/mol. The number of guanidine groups is 1. The molecule has 4 N–H and O–H groups in total. The van der Waals surface area contributed by atoms with Crippen molar-refractivity contribution in [1.82, 2.24) is 9.97 Å². The molecule has 0 unspecified atom stereocenters. The number of nitrogens with zero attached hydrogens (tertiary/aromatic N) is 3. The molecule has 0 aliphatic heterocycles. The summed E-state index contributed by atoms with van der Waals surface area (Å²) in [6, 6.07) is 7.89. The molecule has 1 heterocycles. The smallest absolute Gasteiger partial charge is 0.433 e. The molecular weight excluding hydrogens is 337 g/mol. The molecule has 7 nitrogen and oxygen atoms in total. The van der Waals surface area contributed by atoms with Crippen LogP contribution in [0.2, 0.25) is 0 Å². The van der Waals surface area contributed by atoms with E-state index in [-0.39, 0.29) is 25.0 Å². The summed E-state index contributed by atoms with van der Waals surface area (Å²) in [6.45, 7) is 0.459. The molecule has 1 aromatic heterocycles. The molecule has 0 spiro atoms. The Morgan fingerprint density at radius 1 is 1.24 bits per heavy atom. The second-order valence-electron chi connectivity index (χ2n) is 4.81. The first-order chi connectivity index (χ1) is 11.9. The van der Waals surface area contributed by atoms with E-state index in [1.54, 1.807) is 31.4 Å². The number of hydrogen-bond acceptors (Lipinski definition) is 5. The number of methoxy groups -OCH3 is 1. The summed E-state index contributed by atoms with van der Waals surface area (Å²) in [7, 11) is 1.57. The SMILES string of the molecule is COc1ccc(NC(N)=NCCNc2nccc(C(F)(F)F)n2)cc1. The first kappa shape index (κ1) is 18.3. The lowest BCUT2D eigenvalue weighted by molar-refractivity contribution is -0.141. The van der Waals surface area contributed by atoms with Gasteiger partial charge >= 0.3 is 6.18 Å². The summed E-state index contributed by atoms with van der Waals surface area (Å²) < 4.78 is 42.7. The Morgan fingerprint density at radius 3 is 2.60 bits per heavy atom. The number of rotatable bonds is 6. The normalized spacial score (nSPS) is 11.9. The maximum absolute atomic E-state index is 12.5. The third-order valence-corrected chi connectivity index (χ3v) is 2.99. The van der Waals surface area contributed by atoms with Crippen molar-refractivity contribution in [2.24, 2.45) is 10.7 Å². The van der Waals surface area contributed by atoms with E-state index in [1.807, 2.05) is 0 Å². The predicted octanol–water partition coefficient (Wildman–Crippen LogP) is 2.34. The largest absolute Gasteiger partial charge is 0.497 e. The van der Waals surface area contributed by atoms with E-state index in [0.717, 1.165) is 18.0 Å². The molecule has 134 valence electrons. The molecule has 10 heteroatoms. The molecule has 0 fully saturated rings. The van der Waals surface area contributed by atoms with Gasteiger partial charge in [-0.1, -0.05) is 0 Å². The number of benzene rings is 1. The van der Waals surface area contributed by atoms with E-state index in [2.05, 4.69) is 25.6 Å². The molecule has 0 aliphatic carbocycles. The number of aromatic nitrogens is 2. The van der Waals surface area contributed by atoms with Gasteiger partial charge in [0, 0.05) is 18.4 Å². The van der Waals surface area contributed by atoms with Crippen LogP contribution in [0.25, 0.3) is 0 Å². The summed E-state index contributed by atoms with van der Waals surface area (Å²) >= 11 is 0. The number of nitrogens with one attached hydrogen (secondary N) is 2. The summed E-state index contributed by atoms with van der Waals surface area (Å²) in [5.74, 6) is 0.773. The number of anilines is 2. The number of nitrogens with two attached hydrogens (primary N) is 1. The summed E-state index contributed by atoms with van der Waals surface area (Å²) in [5.41, 5.74) is 5.46. The van der Waals surface area contributed by atoms with Gasteiger partial charge in [0.25, 0.3) is 0 Å². The van der Waals surface area contributed by atoms with Crippen molar-refractivity contribution in [3.8, 4) is 5.75 Å². The Hall–Kier alpha value is -3.04. The van der Waals surface area contributed by atoms with Crippen LogP contribution in [-0.4, -0.2) is 36.1 Å². The Balaban J connectivity index is 1.82. The van der Waals surface area contributed by atoms with Gasteiger partial charge < -0.3 is 21.1 Å². The minimum atomic E-state index is -4.51. The molecule has 2 rings (SSSR count). The van der Waals surface area contributed by atoms with Crippen molar-refractivity contribution >= 4 is 17.6 Å². The number of alkyl halides is 3. The van der Waals surface area contributed by atoms with Crippen molar-refractivity contribution < 1.29 is 17.9 Å². The fraction of sp³-hybridized carbons (Fsp3) is 0.267. The van der Waals surface area contributed by atoms with Crippen molar-refractivity contribution in [3.63, 3.8) is 0 Å². The fourth-order valence-corrected chi connectivity index (χ4v) is 1.81. The van der Waals surface area contributed by atoms with Gasteiger partial charge in [0.05, 0.1) is 13.7 Å². The molecule has 2 aromatic rings. The van der Waals surface area contributed by atoms with E-state index in [1.165, 1.54) is 0 Å². The zero-order valence-electron chi connectivity index (χ0n) is 13.3. The van der Waals surface area contributed by atoms with E-state index in [0.29, 0.717) is 5.75 Å². The van der Waals surface area contributed by atoms with Crippen molar-refractivity contribution in [2.75, 3.05) is 30.8 Å². The van der Waals surface area contributed by atoms with Crippen LogP contribution >= 0.6 is 0 Å². The highest BCUT2D eigenvalue weighted by molar-refractivity contribution is 5.92. The standard InChI is InChI=1S/C15H17F3N6O/c1-25-11-4-2-10(3-5-11)23-13(19)20-8-9-22-14-21-7-6-12(24-14)15(16,17)18/h2-7H,8-9H2,1H3,(H3,19,20,23)(H,21,22,24). The number of hydrogen-bond donors (Lipinski definition) is 3. The zero-order chi connectivity index (χ0) is 18.3. The quantitative estimate of drug-likeness (QED) is 0.419. The minimum Gasteiger partial charge on any atom is -0.497 e. The van der Waals surface area contributed by atoms with Crippen LogP contribution in [0.1, 0.15) is 5.69 Å². The van der Waals surface area contributed by atoms with Gasteiger partial charge in [0.1, 0.15) is 11.4 Å². The lowest BCUT2D eigenvalue weighted by Gasteiger charge is -2.08. The molecule has 1 aromatic carbocycles. The van der Waals surface area contributed by atoms with Crippen molar-refractivity contribution in [2.45, 2.75) is 6.18 Å². The Labute approximate surface area is 142 Å². The van der Waals surface area contributed by atoms with E-state index in [4.69, 9.17) is 10.5 Å². The third kappa shape index (κ3) is 5.83. The highest BCUT2D eigenvalue weighted by atomic mass is 19.4. The highest BCUT2D eigenvalue weighted by Gasteiger charge is 2.32. The summed E-state index contributed by atoms with van der Waals surface area (Å²) in [5, 5.41) is 5.55. The summed E-state index contributed by atoms with van der Waals surface area (Å²) in [4.78, 5) is 11.2. The molecule has 0 amide bonds. The topological polar surface area (TPSA) is 97.5 Å². The molecule has 0 bridgehead atoms. The van der Waals surface area contributed by atoms with Crippen LogP contribution in [0.15, 0.2) is 41.5 Å². The van der Waals surface area contributed by atoms with Crippen LogP contribution in [0, 0.1) is 0 Å². The van der Waals surface area contributed by atoms with Gasteiger partial charge in [-0.05, 0) is 30.3 Å². The Kier molecular flexibility index (Phi) is 5.98. The van der Waals surface area contributed by atoms with Gasteiger partial charge in [0.15, 0.2) is 5.96 Å². The molecule has 0 aliphatic rings. The highest BCUT2D eigenvalue weighted by Crippen LogP contribution is 2.27. The van der Waals surface area contributed by atoms with Crippen LogP contribution in [-0.2, 0) is 6.18 Å². The van der Waals surface area contributed by atoms with Crippen LogP contribution in [0.4, 0.5) is 24.8 Å². The van der Waals surface area contributed by atoms with Gasteiger partial charge in [-0.15, -0.1) is 0 Å². The fourth-order valence-electron chi connectivity index (χ4n) is 1.81. The number of halogens is 3. The molecule has 25 heavy (non-hydrogen) atoms. The maximum atomic E-state index is 12.5. The van der Waals surface area contributed by atoms with E-state index < -0.39 is 11.9 Å². The van der Waals surface area contributed by atoms with Gasteiger partial charge in [0.2, 0.25) is 5.95 Å². The zero-order valence-corrected chi connectivity index (χ0v) is 13.3. The molecule has 0 atom stereocenters. The first-order valence-corrected chi connectivity index (χ1v) is 7.23.